The first-order valence-electron chi connectivity index (χ1n) is 5.40. The molecule has 0 aromatic carbocycles. The summed E-state index contributed by atoms with van der Waals surface area (Å²) >= 11 is 0. The molecule has 0 saturated carbocycles. The van der Waals surface area contributed by atoms with Gasteiger partial charge in [-0.05, 0) is 29.2 Å². The quantitative estimate of drug-likeness (QED) is 0.851. The SMILES string of the molecule is CC(C)c1cnn(-c2cc(CN)ccn2)c1. The van der Waals surface area contributed by atoms with Crippen LogP contribution in [-0.4, -0.2) is 14.8 Å². The first-order valence-corrected chi connectivity index (χ1v) is 5.40. The Labute approximate surface area is 95.1 Å². The van der Waals surface area contributed by atoms with Gasteiger partial charge in [0.05, 0.1) is 6.20 Å². The number of pyridine rings is 1. The smallest absolute Gasteiger partial charge is 0.153 e. The molecule has 2 aromatic heterocycles. The molecule has 84 valence electrons. The molecule has 4 nitrogen and oxygen atoms in total. The Balaban J connectivity index is 2.34. The van der Waals surface area contributed by atoms with Crippen molar-refractivity contribution >= 4 is 0 Å². The van der Waals surface area contributed by atoms with Crippen molar-refractivity contribution in [1.82, 2.24) is 14.8 Å². The Kier molecular flexibility index (Phi) is 3.01. The minimum absolute atomic E-state index is 0.478. The van der Waals surface area contributed by atoms with Crippen LogP contribution in [0.1, 0.15) is 30.9 Å². The third kappa shape index (κ3) is 2.12. The Morgan fingerprint density at radius 2 is 2.25 bits per heavy atom. The number of hydrogen-bond donors (Lipinski definition) is 1. The number of nitrogens with zero attached hydrogens (tertiary/aromatic N) is 3. The Bertz CT molecular complexity index is 473. The standard InChI is InChI=1S/C12H16N4/c1-9(2)11-7-15-16(8-11)12-5-10(6-13)3-4-14-12/h3-5,7-9H,6,13H2,1-2H3. The van der Waals surface area contributed by atoms with E-state index in [1.165, 1.54) is 5.56 Å². The molecule has 2 heterocycles. The Morgan fingerprint density at radius 3 is 2.88 bits per heavy atom. The molecule has 0 spiro atoms. The summed E-state index contributed by atoms with van der Waals surface area (Å²) in [7, 11) is 0. The van der Waals surface area contributed by atoms with Gasteiger partial charge in [-0.25, -0.2) is 9.67 Å². The largest absolute Gasteiger partial charge is 0.326 e. The second-order valence-corrected chi connectivity index (χ2v) is 4.10. The highest BCUT2D eigenvalue weighted by atomic mass is 15.3. The zero-order chi connectivity index (χ0) is 11.5. The first-order chi connectivity index (χ1) is 7.70. The van der Waals surface area contributed by atoms with E-state index in [-0.39, 0.29) is 0 Å². The van der Waals surface area contributed by atoms with Gasteiger partial charge >= 0.3 is 0 Å². The summed E-state index contributed by atoms with van der Waals surface area (Å²) in [5.41, 5.74) is 7.86. The van der Waals surface area contributed by atoms with Crippen LogP contribution < -0.4 is 5.73 Å². The highest BCUT2D eigenvalue weighted by Gasteiger charge is 2.05. The lowest BCUT2D eigenvalue weighted by Crippen LogP contribution is -2.02. The summed E-state index contributed by atoms with van der Waals surface area (Å²) in [6.45, 7) is 4.81. The average Bonchev–Trinajstić information content (AvgIpc) is 2.78. The van der Waals surface area contributed by atoms with E-state index in [9.17, 15) is 0 Å². The molecule has 0 atom stereocenters. The van der Waals surface area contributed by atoms with Crippen LogP contribution in [-0.2, 0) is 6.54 Å². The van der Waals surface area contributed by atoms with Gasteiger partial charge in [-0.15, -0.1) is 0 Å². The zero-order valence-electron chi connectivity index (χ0n) is 9.59. The molecule has 0 aliphatic rings. The van der Waals surface area contributed by atoms with Gasteiger partial charge in [-0.1, -0.05) is 13.8 Å². The minimum Gasteiger partial charge on any atom is -0.326 e. The summed E-state index contributed by atoms with van der Waals surface area (Å²) < 4.78 is 1.79. The van der Waals surface area contributed by atoms with E-state index in [0.29, 0.717) is 12.5 Å². The highest BCUT2D eigenvalue weighted by molar-refractivity contribution is 5.28. The molecule has 0 fully saturated rings. The minimum atomic E-state index is 0.478. The van der Waals surface area contributed by atoms with Crippen LogP contribution >= 0.6 is 0 Å². The third-order valence-corrected chi connectivity index (χ3v) is 2.55. The maximum absolute atomic E-state index is 5.59. The molecule has 0 aliphatic carbocycles. The molecule has 2 rings (SSSR count). The fourth-order valence-electron chi connectivity index (χ4n) is 1.47. The van der Waals surface area contributed by atoms with E-state index in [1.54, 1.807) is 10.9 Å². The molecular weight excluding hydrogens is 200 g/mol. The van der Waals surface area contributed by atoms with Crippen LogP contribution in [0.2, 0.25) is 0 Å². The molecule has 2 aromatic rings. The first kappa shape index (κ1) is 10.8. The third-order valence-electron chi connectivity index (χ3n) is 2.55. The van der Waals surface area contributed by atoms with E-state index >= 15 is 0 Å². The molecule has 0 saturated heterocycles. The van der Waals surface area contributed by atoms with Gasteiger partial charge in [0, 0.05) is 18.9 Å². The molecule has 2 N–H and O–H groups in total. The molecule has 0 radical (unpaired) electrons. The lowest BCUT2D eigenvalue weighted by molar-refractivity contribution is 0.834. The second kappa shape index (κ2) is 4.45. The summed E-state index contributed by atoms with van der Waals surface area (Å²) in [5.74, 6) is 1.29. The van der Waals surface area contributed by atoms with Crippen LogP contribution in [0.3, 0.4) is 0 Å². The van der Waals surface area contributed by atoms with Gasteiger partial charge in [0.15, 0.2) is 5.82 Å². The lowest BCUT2D eigenvalue weighted by Gasteiger charge is -2.02. The Morgan fingerprint density at radius 1 is 1.44 bits per heavy atom. The summed E-state index contributed by atoms with van der Waals surface area (Å²) in [5, 5.41) is 4.30. The van der Waals surface area contributed by atoms with E-state index in [0.717, 1.165) is 11.4 Å². The van der Waals surface area contributed by atoms with Crippen LogP contribution in [0.5, 0.6) is 0 Å². The van der Waals surface area contributed by atoms with Gasteiger partial charge in [-0.3, -0.25) is 0 Å². The lowest BCUT2D eigenvalue weighted by atomic mass is 10.1. The monoisotopic (exact) mass is 216 g/mol. The van der Waals surface area contributed by atoms with Gasteiger partial charge < -0.3 is 5.73 Å². The van der Waals surface area contributed by atoms with E-state index < -0.39 is 0 Å². The highest BCUT2D eigenvalue weighted by Crippen LogP contribution is 2.14. The number of nitrogens with two attached hydrogens (primary N) is 1. The topological polar surface area (TPSA) is 56.7 Å². The predicted octanol–water partition coefficient (Wildman–Crippen LogP) is 1.85. The van der Waals surface area contributed by atoms with Gasteiger partial charge in [0.2, 0.25) is 0 Å². The fourth-order valence-corrected chi connectivity index (χ4v) is 1.47. The number of hydrogen-bond acceptors (Lipinski definition) is 3. The number of rotatable bonds is 3. The van der Waals surface area contributed by atoms with Crippen molar-refractivity contribution < 1.29 is 0 Å². The van der Waals surface area contributed by atoms with Crippen molar-refractivity contribution in [1.29, 1.82) is 0 Å². The number of aromatic nitrogens is 3. The molecule has 0 unspecified atom stereocenters. The van der Waals surface area contributed by atoms with Crippen LogP contribution in [0.25, 0.3) is 5.82 Å². The van der Waals surface area contributed by atoms with Crippen molar-refractivity contribution in [3.05, 3.63) is 41.9 Å². The molecule has 16 heavy (non-hydrogen) atoms. The van der Waals surface area contributed by atoms with Gasteiger partial charge in [-0.2, -0.15) is 5.10 Å². The molecule has 0 bridgehead atoms. The average molecular weight is 216 g/mol. The summed E-state index contributed by atoms with van der Waals surface area (Å²) in [6.07, 6.45) is 5.64. The van der Waals surface area contributed by atoms with E-state index in [4.69, 9.17) is 5.73 Å². The van der Waals surface area contributed by atoms with Gasteiger partial charge in [0.1, 0.15) is 0 Å². The maximum atomic E-state index is 5.59. The van der Waals surface area contributed by atoms with Crippen molar-refractivity contribution in [2.45, 2.75) is 26.3 Å². The summed E-state index contributed by atoms with van der Waals surface area (Å²) in [6, 6.07) is 3.87. The molecule has 0 aliphatic heterocycles. The van der Waals surface area contributed by atoms with Crippen molar-refractivity contribution in [3.8, 4) is 5.82 Å². The maximum Gasteiger partial charge on any atom is 0.153 e. The predicted molar refractivity (Wildman–Crippen MR) is 63.3 cm³/mol. The fraction of sp³-hybridized carbons (Fsp3) is 0.333. The summed E-state index contributed by atoms with van der Waals surface area (Å²) in [4.78, 5) is 4.28. The molecule has 0 amide bonds. The normalized spacial score (nSPS) is 11.0. The zero-order valence-corrected chi connectivity index (χ0v) is 9.59. The molecular formula is C12H16N4. The van der Waals surface area contributed by atoms with Crippen LogP contribution in [0.15, 0.2) is 30.7 Å². The van der Waals surface area contributed by atoms with Crippen molar-refractivity contribution in [2.24, 2.45) is 5.73 Å². The van der Waals surface area contributed by atoms with Crippen LogP contribution in [0.4, 0.5) is 0 Å². The van der Waals surface area contributed by atoms with Crippen molar-refractivity contribution in [3.63, 3.8) is 0 Å². The van der Waals surface area contributed by atoms with Gasteiger partial charge in [0.25, 0.3) is 0 Å². The van der Waals surface area contributed by atoms with Crippen LogP contribution in [0, 0.1) is 0 Å². The van der Waals surface area contributed by atoms with E-state index in [2.05, 4.69) is 23.9 Å². The Hall–Kier alpha value is -1.68. The second-order valence-electron chi connectivity index (χ2n) is 4.10. The van der Waals surface area contributed by atoms with Crippen molar-refractivity contribution in [2.75, 3.05) is 0 Å². The van der Waals surface area contributed by atoms with E-state index in [1.807, 2.05) is 24.5 Å². The molecule has 4 heteroatoms.